The van der Waals surface area contributed by atoms with Crippen LogP contribution < -0.4 is 11.1 Å². The van der Waals surface area contributed by atoms with Crippen LogP contribution in [0.1, 0.15) is 26.7 Å². The number of likely N-dealkylation sites (tertiary alicyclic amines) is 2. The number of H-pyrrole nitrogens is 1. The summed E-state index contributed by atoms with van der Waals surface area (Å²) in [4.78, 5) is 28.5. The molecule has 2 aliphatic rings. The average Bonchev–Trinajstić information content (AvgIpc) is 3.43. The van der Waals surface area contributed by atoms with Crippen LogP contribution >= 0.6 is 0 Å². The number of fused-ring (bicyclic) bond motifs is 1. The van der Waals surface area contributed by atoms with Crippen molar-refractivity contribution in [2.75, 3.05) is 32.7 Å². The highest BCUT2D eigenvalue weighted by molar-refractivity contribution is 5.90. The van der Waals surface area contributed by atoms with E-state index in [9.17, 15) is 4.79 Å². The number of nitrogens with two attached hydrogens (primary N) is 1. The van der Waals surface area contributed by atoms with Crippen molar-refractivity contribution in [3.8, 4) is 11.3 Å². The first kappa shape index (κ1) is 20.9. The molecule has 2 fully saturated rings. The van der Waals surface area contributed by atoms with Crippen molar-refractivity contribution >= 4 is 17.1 Å². The first-order valence-electron chi connectivity index (χ1n) is 11.3. The van der Waals surface area contributed by atoms with Gasteiger partial charge >= 0.3 is 6.03 Å². The van der Waals surface area contributed by atoms with E-state index in [4.69, 9.17) is 5.73 Å². The number of urea groups is 1. The predicted octanol–water partition coefficient (Wildman–Crippen LogP) is 1.37. The molecule has 2 aliphatic heterocycles. The molecule has 0 radical (unpaired) electrons. The number of amides is 2. The van der Waals surface area contributed by atoms with Gasteiger partial charge in [0.05, 0.1) is 11.9 Å². The van der Waals surface area contributed by atoms with Crippen LogP contribution in [0.2, 0.25) is 0 Å². The number of hydrogen-bond donors (Lipinski definition) is 3. The molecule has 5 heterocycles. The van der Waals surface area contributed by atoms with Crippen molar-refractivity contribution < 1.29 is 4.79 Å². The molecule has 2 amide bonds. The Balaban J connectivity index is 1.24. The van der Waals surface area contributed by atoms with Crippen molar-refractivity contribution in [3.05, 3.63) is 31.0 Å². The van der Waals surface area contributed by atoms with E-state index >= 15 is 0 Å². The number of hydrogen-bond acceptors (Lipinski definition) is 6. The minimum Gasteiger partial charge on any atom is -0.346 e. The molecule has 10 heteroatoms. The van der Waals surface area contributed by atoms with Gasteiger partial charge in [-0.15, -0.1) is 0 Å². The zero-order chi connectivity index (χ0) is 22.3. The Kier molecular flexibility index (Phi) is 5.34. The lowest BCUT2D eigenvalue weighted by atomic mass is 9.86. The number of aromatic nitrogens is 5. The fourth-order valence-corrected chi connectivity index (χ4v) is 4.91. The molecule has 0 aromatic carbocycles. The molecule has 3 aromatic heterocycles. The van der Waals surface area contributed by atoms with Crippen LogP contribution in [0, 0.1) is 0 Å². The largest absolute Gasteiger partial charge is 0.346 e. The van der Waals surface area contributed by atoms with E-state index in [1.807, 2.05) is 41.9 Å². The van der Waals surface area contributed by atoms with E-state index in [0.29, 0.717) is 12.6 Å². The second-order valence-electron chi connectivity index (χ2n) is 9.29. The molecule has 3 aromatic rings. The third kappa shape index (κ3) is 3.63. The minimum atomic E-state index is -0.200. The number of rotatable bonds is 5. The smallest absolute Gasteiger partial charge is 0.317 e. The summed E-state index contributed by atoms with van der Waals surface area (Å²) in [5, 5.41) is 8.64. The standard InChI is InChI=1S/C22H31N9O/c1-15(2)28-21(32)29-7-4-17(5-8-29)30-12-22(11-23,13-30)31-10-16(9-27-31)19-18-3-6-24-20(18)26-14-25-19/h3,6,9-10,14-15,17H,4-5,7-8,11-13,23H2,1-2H3,(H,28,32)(H,24,25,26). The molecule has 0 saturated carbocycles. The molecule has 2 saturated heterocycles. The number of carbonyl (C=O) groups excluding carboxylic acids is 1. The summed E-state index contributed by atoms with van der Waals surface area (Å²) < 4.78 is 2.02. The van der Waals surface area contributed by atoms with Crippen LogP contribution in [-0.4, -0.2) is 85.4 Å². The molecule has 5 rings (SSSR count). The third-order valence-corrected chi connectivity index (χ3v) is 6.75. The summed E-state index contributed by atoms with van der Waals surface area (Å²) in [6.45, 7) is 7.84. The highest BCUT2D eigenvalue weighted by Crippen LogP contribution is 2.34. The maximum atomic E-state index is 12.2. The highest BCUT2D eigenvalue weighted by atomic mass is 16.2. The summed E-state index contributed by atoms with van der Waals surface area (Å²) in [6.07, 6.45) is 9.34. The number of nitrogens with zero attached hydrogens (tertiary/aromatic N) is 6. The van der Waals surface area contributed by atoms with Gasteiger partial charge < -0.3 is 20.9 Å². The first-order chi connectivity index (χ1) is 15.5. The van der Waals surface area contributed by atoms with Crippen LogP contribution in [0.4, 0.5) is 4.79 Å². The van der Waals surface area contributed by atoms with E-state index in [1.165, 1.54) is 0 Å². The van der Waals surface area contributed by atoms with Crippen LogP contribution in [0.15, 0.2) is 31.0 Å². The quantitative estimate of drug-likeness (QED) is 0.554. The van der Waals surface area contributed by atoms with E-state index in [-0.39, 0.29) is 17.6 Å². The molecular weight excluding hydrogens is 406 g/mol. The van der Waals surface area contributed by atoms with Gasteiger partial charge in [-0.1, -0.05) is 0 Å². The molecule has 0 spiro atoms. The topological polar surface area (TPSA) is 121 Å². The minimum absolute atomic E-state index is 0.0451. The van der Waals surface area contributed by atoms with Crippen LogP contribution in [0.5, 0.6) is 0 Å². The third-order valence-electron chi connectivity index (χ3n) is 6.75. The Hall–Kier alpha value is -2.98. The summed E-state index contributed by atoms with van der Waals surface area (Å²) in [6, 6.07) is 2.67. The van der Waals surface area contributed by atoms with Crippen molar-refractivity contribution in [2.24, 2.45) is 5.73 Å². The zero-order valence-electron chi connectivity index (χ0n) is 18.7. The van der Waals surface area contributed by atoms with E-state index in [1.54, 1.807) is 6.33 Å². The Morgan fingerprint density at radius 1 is 1.31 bits per heavy atom. The molecule has 10 nitrogen and oxygen atoms in total. The van der Waals surface area contributed by atoms with E-state index < -0.39 is 0 Å². The second kappa shape index (κ2) is 8.18. The van der Waals surface area contributed by atoms with Crippen LogP contribution in [0.25, 0.3) is 22.3 Å². The molecule has 4 N–H and O–H groups in total. The van der Waals surface area contributed by atoms with Gasteiger partial charge in [0.25, 0.3) is 0 Å². The lowest BCUT2D eigenvalue weighted by molar-refractivity contribution is -0.0374. The zero-order valence-corrected chi connectivity index (χ0v) is 18.7. The maximum absolute atomic E-state index is 12.2. The Morgan fingerprint density at radius 2 is 2.09 bits per heavy atom. The SMILES string of the molecule is CC(C)NC(=O)N1CCC(N2CC(CN)(n3cc(-c4ncnc5[nH]ccc45)cn3)C2)CC1. The van der Waals surface area contributed by atoms with Gasteiger partial charge in [-0.2, -0.15) is 5.10 Å². The van der Waals surface area contributed by atoms with Crippen molar-refractivity contribution in [1.82, 2.24) is 39.8 Å². The van der Waals surface area contributed by atoms with Crippen LogP contribution in [-0.2, 0) is 5.54 Å². The van der Waals surface area contributed by atoms with Gasteiger partial charge in [-0.3, -0.25) is 9.58 Å². The molecule has 0 atom stereocenters. The van der Waals surface area contributed by atoms with Gasteiger partial charge in [-0.25, -0.2) is 14.8 Å². The Labute approximate surface area is 187 Å². The monoisotopic (exact) mass is 437 g/mol. The predicted molar refractivity (Wildman–Crippen MR) is 122 cm³/mol. The molecular formula is C22H31N9O. The number of carbonyl (C=O) groups is 1. The summed E-state index contributed by atoms with van der Waals surface area (Å²) >= 11 is 0. The Bertz CT molecular complexity index is 1090. The highest BCUT2D eigenvalue weighted by Gasteiger charge is 2.47. The van der Waals surface area contributed by atoms with Gasteiger partial charge in [0.1, 0.15) is 17.5 Å². The second-order valence-corrected chi connectivity index (χ2v) is 9.29. The van der Waals surface area contributed by atoms with E-state index in [2.05, 4.69) is 36.5 Å². The van der Waals surface area contributed by atoms with Gasteiger partial charge in [0.2, 0.25) is 0 Å². The number of aromatic amines is 1. The van der Waals surface area contributed by atoms with Gasteiger partial charge in [-0.05, 0) is 32.8 Å². The fourth-order valence-electron chi connectivity index (χ4n) is 4.91. The molecule has 32 heavy (non-hydrogen) atoms. The molecule has 0 bridgehead atoms. The summed E-state index contributed by atoms with van der Waals surface area (Å²) in [5.74, 6) is 0. The normalized spacial score (nSPS) is 19.4. The molecule has 0 aliphatic carbocycles. The average molecular weight is 438 g/mol. The molecule has 0 unspecified atom stereocenters. The maximum Gasteiger partial charge on any atom is 0.317 e. The Morgan fingerprint density at radius 3 is 2.81 bits per heavy atom. The van der Waals surface area contributed by atoms with Crippen molar-refractivity contribution in [3.63, 3.8) is 0 Å². The summed E-state index contributed by atoms with van der Waals surface area (Å²) in [5.41, 5.74) is 8.70. The number of nitrogens with one attached hydrogen (secondary N) is 2. The van der Waals surface area contributed by atoms with Gasteiger partial charge in [0.15, 0.2) is 0 Å². The van der Waals surface area contributed by atoms with Crippen LogP contribution in [0.3, 0.4) is 0 Å². The summed E-state index contributed by atoms with van der Waals surface area (Å²) in [7, 11) is 0. The molecule has 170 valence electrons. The number of piperidine rings is 1. The van der Waals surface area contributed by atoms with Crippen molar-refractivity contribution in [1.29, 1.82) is 0 Å². The van der Waals surface area contributed by atoms with Gasteiger partial charge in [0, 0.05) is 68.2 Å². The van der Waals surface area contributed by atoms with E-state index in [0.717, 1.165) is 61.3 Å². The fraction of sp³-hybridized carbons (Fsp3) is 0.545. The lowest BCUT2D eigenvalue weighted by Crippen LogP contribution is -2.69. The van der Waals surface area contributed by atoms with Crippen molar-refractivity contribution in [2.45, 2.75) is 44.3 Å². The lowest BCUT2D eigenvalue weighted by Gasteiger charge is -2.54. The first-order valence-corrected chi connectivity index (χ1v) is 11.3.